The molecule has 1 aromatic rings. The van der Waals surface area contributed by atoms with Crippen molar-refractivity contribution in [2.75, 3.05) is 5.32 Å². The van der Waals surface area contributed by atoms with E-state index in [2.05, 4.69) is 12.2 Å². The van der Waals surface area contributed by atoms with Crippen LogP contribution in [0.1, 0.15) is 33.1 Å². The normalized spacial score (nSPS) is 30.9. The van der Waals surface area contributed by atoms with E-state index in [1.807, 2.05) is 6.92 Å². The molecular weight excluding hydrogens is 245 g/mol. The van der Waals surface area contributed by atoms with Crippen LogP contribution < -0.4 is 5.32 Å². The van der Waals surface area contributed by atoms with Crippen molar-refractivity contribution < 1.29 is 14.3 Å². The first-order valence-corrected chi connectivity index (χ1v) is 6.73. The summed E-state index contributed by atoms with van der Waals surface area (Å²) in [6.07, 6.45) is 2.40. The number of carboxylic acid groups (broad SMARTS) is 1. The number of hydrogen-bond acceptors (Lipinski definition) is 2. The smallest absolute Gasteiger partial charge is 0.329 e. The Hall–Kier alpha value is -1.58. The van der Waals surface area contributed by atoms with E-state index < -0.39 is 17.3 Å². The molecule has 0 aromatic heterocycles. The lowest BCUT2D eigenvalue weighted by molar-refractivity contribution is -0.146. The molecule has 0 aliphatic heterocycles. The molecule has 0 bridgehead atoms. The standard InChI is InChI=1S/C15H20FNO2/c1-10-6-5-9-15(11(10)2,14(18)19)17-13-8-4-3-7-12(13)16/h3-4,7-8,10-11,17H,5-6,9H2,1-2H3,(H,18,19). The minimum atomic E-state index is -1.07. The summed E-state index contributed by atoms with van der Waals surface area (Å²) in [5, 5.41) is 12.6. The summed E-state index contributed by atoms with van der Waals surface area (Å²) in [4.78, 5) is 11.8. The van der Waals surface area contributed by atoms with E-state index in [1.54, 1.807) is 18.2 Å². The zero-order valence-electron chi connectivity index (χ0n) is 11.3. The van der Waals surface area contributed by atoms with Gasteiger partial charge in [0.15, 0.2) is 0 Å². The molecule has 4 heteroatoms. The van der Waals surface area contributed by atoms with Crippen LogP contribution in [-0.4, -0.2) is 16.6 Å². The average molecular weight is 265 g/mol. The van der Waals surface area contributed by atoms with Crippen molar-refractivity contribution in [2.24, 2.45) is 11.8 Å². The Kier molecular flexibility index (Phi) is 3.78. The number of para-hydroxylation sites is 1. The predicted molar refractivity (Wildman–Crippen MR) is 72.6 cm³/mol. The van der Waals surface area contributed by atoms with Gasteiger partial charge in [-0.25, -0.2) is 9.18 Å². The number of benzene rings is 1. The largest absolute Gasteiger partial charge is 0.479 e. The molecule has 0 radical (unpaired) electrons. The molecule has 1 aliphatic rings. The number of nitrogens with one attached hydrogen (secondary N) is 1. The van der Waals surface area contributed by atoms with Gasteiger partial charge in [-0.3, -0.25) is 0 Å². The van der Waals surface area contributed by atoms with Gasteiger partial charge in [0.1, 0.15) is 11.4 Å². The molecule has 0 heterocycles. The third-order valence-electron chi connectivity index (χ3n) is 4.47. The van der Waals surface area contributed by atoms with Crippen LogP contribution in [0.4, 0.5) is 10.1 Å². The van der Waals surface area contributed by atoms with Gasteiger partial charge < -0.3 is 10.4 Å². The minimum absolute atomic E-state index is 0.0432. The number of carbonyl (C=O) groups is 1. The summed E-state index contributed by atoms with van der Waals surface area (Å²) < 4.78 is 13.7. The van der Waals surface area contributed by atoms with Crippen LogP contribution >= 0.6 is 0 Å². The second kappa shape index (κ2) is 5.19. The van der Waals surface area contributed by atoms with Crippen LogP contribution in [-0.2, 0) is 4.79 Å². The molecule has 0 spiro atoms. The molecule has 1 saturated carbocycles. The maximum atomic E-state index is 13.7. The highest BCUT2D eigenvalue weighted by atomic mass is 19.1. The molecule has 2 rings (SSSR count). The highest BCUT2D eigenvalue weighted by Gasteiger charge is 2.48. The zero-order chi connectivity index (χ0) is 14.0. The lowest BCUT2D eigenvalue weighted by Crippen LogP contribution is -2.55. The molecule has 1 aliphatic carbocycles. The second-order valence-corrected chi connectivity index (χ2v) is 5.54. The van der Waals surface area contributed by atoms with E-state index in [9.17, 15) is 14.3 Å². The van der Waals surface area contributed by atoms with Crippen LogP contribution in [0.15, 0.2) is 24.3 Å². The van der Waals surface area contributed by atoms with Gasteiger partial charge >= 0.3 is 5.97 Å². The van der Waals surface area contributed by atoms with Crippen molar-refractivity contribution >= 4 is 11.7 Å². The third-order valence-corrected chi connectivity index (χ3v) is 4.47. The summed E-state index contributed by atoms with van der Waals surface area (Å²) in [5.74, 6) is -1.04. The van der Waals surface area contributed by atoms with Crippen LogP contribution in [0.3, 0.4) is 0 Å². The number of anilines is 1. The van der Waals surface area contributed by atoms with Gasteiger partial charge in [0.05, 0.1) is 5.69 Å². The summed E-state index contributed by atoms with van der Waals surface area (Å²) in [5.41, 5.74) is -0.800. The second-order valence-electron chi connectivity index (χ2n) is 5.54. The molecule has 0 amide bonds. The SMILES string of the molecule is CC1CCCC(Nc2ccccc2F)(C(=O)O)C1C. The molecule has 0 saturated heterocycles. The van der Waals surface area contributed by atoms with Gasteiger partial charge in [0.25, 0.3) is 0 Å². The molecule has 3 nitrogen and oxygen atoms in total. The lowest BCUT2D eigenvalue weighted by Gasteiger charge is -2.43. The number of aliphatic carboxylic acids is 1. The molecule has 104 valence electrons. The molecule has 1 aromatic carbocycles. The van der Waals surface area contributed by atoms with E-state index in [-0.39, 0.29) is 11.6 Å². The van der Waals surface area contributed by atoms with E-state index in [0.29, 0.717) is 12.3 Å². The molecule has 1 fully saturated rings. The van der Waals surface area contributed by atoms with Gasteiger partial charge in [-0.15, -0.1) is 0 Å². The maximum Gasteiger partial charge on any atom is 0.329 e. The Morgan fingerprint density at radius 2 is 2.11 bits per heavy atom. The highest BCUT2D eigenvalue weighted by molar-refractivity contribution is 5.83. The predicted octanol–water partition coefficient (Wildman–Crippen LogP) is 3.52. The first-order chi connectivity index (χ1) is 8.97. The van der Waals surface area contributed by atoms with E-state index >= 15 is 0 Å². The van der Waals surface area contributed by atoms with Crippen molar-refractivity contribution in [3.63, 3.8) is 0 Å². The molecule has 19 heavy (non-hydrogen) atoms. The quantitative estimate of drug-likeness (QED) is 0.879. The van der Waals surface area contributed by atoms with Crippen molar-refractivity contribution in [1.29, 1.82) is 0 Å². The van der Waals surface area contributed by atoms with Crippen molar-refractivity contribution in [2.45, 2.75) is 38.6 Å². The van der Waals surface area contributed by atoms with E-state index in [1.165, 1.54) is 6.07 Å². The van der Waals surface area contributed by atoms with E-state index in [4.69, 9.17) is 0 Å². The Balaban J connectivity index is 2.35. The minimum Gasteiger partial charge on any atom is -0.479 e. The summed E-state index contributed by atoms with van der Waals surface area (Å²) in [6, 6.07) is 6.24. The fourth-order valence-corrected chi connectivity index (χ4v) is 3.00. The zero-order valence-corrected chi connectivity index (χ0v) is 11.3. The maximum absolute atomic E-state index is 13.7. The fourth-order valence-electron chi connectivity index (χ4n) is 3.00. The Morgan fingerprint density at radius 3 is 2.74 bits per heavy atom. The van der Waals surface area contributed by atoms with Crippen LogP contribution in [0.5, 0.6) is 0 Å². The lowest BCUT2D eigenvalue weighted by atomic mass is 9.68. The summed E-state index contributed by atoms with van der Waals surface area (Å²) in [6.45, 7) is 4.00. The molecule has 3 unspecified atom stereocenters. The van der Waals surface area contributed by atoms with Gasteiger partial charge in [-0.05, 0) is 30.4 Å². The van der Waals surface area contributed by atoms with Crippen molar-refractivity contribution in [3.8, 4) is 0 Å². The third kappa shape index (κ3) is 2.44. The van der Waals surface area contributed by atoms with Crippen LogP contribution in [0.2, 0.25) is 0 Å². The van der Waals surface area contributed by atoms with Gasteiger partial charge in [0.2, 0.25) is 0 Å². The van der Waals surface area contributed by atoms with Crippen molar-refractivity contribution in [1.82, 2.24) is 0 Å². The number of rotatable bonds is 3. The van der Waals surface area contributed by atoms with Crippen LogP contribution in [0.25, 0.3) is 0 Å². The fraction of sp³-hybridized carbons (Fsp3) is 0.533. The number of hydrogen-bond donors (Lipinski definition) is 2. The number of halogens is 1. The Labute approximate surface area is 112 Å². The van der Waals surface area contributed by atoms with Gasteiger partial charge in [-0.1, -0.05) is 38.8 Å². The van der Waals surface area contributed by atoms with Gasteiger partial charge in [0, 0.05) is 0 Å². The highest BCUT2D eigenvalue weighted by Crippen LogP contribution is 2.40. The first-order valence-electron chi connectivity index (χ1n) is 6.73. The number of carboxylic acids is 1. The molecule has 2 N–H and O–H groups in total. The molecular formula is C15H20FNO2. The Morgan fingerprint density at radius 1 is 1.42 bits per heavy atom. The monoisotopic (exact) mass is 265 g/mol. The average Bonchev–Trinajstić information content (AvgIpc) is 2.37. The molecule has 3 atom stereocenters. The van der Waals surface area contributed by atoms with Gasteiger partial charge in [-0.2, -0.15) is 0 Å². The summed E-state index contributed by atoms with van der Waals surface area (Å²) >= 11 is 0. The van der Waals surface area contributed by atoms with Crippen molar-refractivity contribution in [3.05, 3.63) is 30.1 Å². The summed E-state index contributed by atoms with van der Waals surface area (Å²) in [7, 11) is 0. The first kappa shape index (κ1) is 13.8. The van der Waals surface area contributed by atoms with E-state index in [0.717, 1.165) is 12.8 Å². The Bertz CT molecular complexity index is 477. The van der Waals surface area contributed by atoms with Crippen LogP contribution in [0, 0.1) is 17.7 Å². The topological polar surface area (TPSA) is 49.3 Å².